The second-order valence-electron chi connectivity index (χ2n) is 7.73. The van der Waals surface area contributed by atoms with Crippen molar-refractivity contribution in [3.63, 3.8) is 0 Å². The van der Waals surface area contributed by atoms with Gasteiger partial charge in [0.05, 0.1) is 16.6 Å². The maximum absolute atomic E-state index is 12.9. The minimum Gasteiger partial charge on any atom is -0.372 e. The zero-order valence-electron chi connectivity index (χ0n) is 17.0. The first-order valence-corrected chi connectivity index (χ1v) is 10.7. The van der Waals surface area contributed by atoms with E-state index in [4.69, 9.17) is 23.2 Å². The monoisotopic (exact) mass is 457 g/mol. The summed E-state index contributed by atoms with van der Waals surface area (Å²) < 4.78 is 1.63. The number of nitrogens with zero attached hydrogens (tertiary/aromatic N) is 3. The molecule has 1 aliphatic heterocycles. The maximum Gasteiger partial charge on any atom is 0.273 e. The van der Waals surface area contributed by atoms with Gasteiger partial charge < -0.3 is 14.6 Å². The van der Waals surface area contributed by atoms with Crippen molar-refractivity contribution in [3.8, 4) is 11.1 Å². The van der Waals surface area contributed by atoms with Crippen molar-refractivity contribution in [2.24, 2.45) is 0 Å². The smallest absolute Gasteiger partial charge is 0.273 e. The summed E-state index contributed by atoms with van der Waals surface area (Å²) in [6, 6.07) is 14.1. The van der Waals surface area contributed by atoms with Crippen molar-refractivity contribution < 1.29 is 9.90 Å². The molecule has 1 aliphatic rings. The number of fused-ring (bicyclic) bond motifs is 1. The fourth-order valence-electron chi connectivity index (χ4n) is 3.99. The Morgan fingerprint density at radius 3 is 2.55 bits per heavy atom. The number of aromatic nitrogens is 2. The Hall–Kier alpha value is -2.67. The molecule has 2 heterocycles. The molecule has 1 amide bonds. The van der Waals surface area contributed by atoms with Crippen LogP contribution in [-0.4, -0.2) is 37.7 Å². The minimum absolute atomic E-state index is 0.141. The summed E-state index contributed by atoms with van der Waals surface area (Å²) in [5.74, 6) is 0.0181. The highest BCUT2D eigenvalue weighted by molar-refractivity contribution is 6.43. The Labute approximate surface area is 189 Å². The highest BCUT2D eigenvalue weighted by Gasteiger charge is 2.34. The van der Waals surface area contributed by atoms with Gasteiger partial charge in [-0.25, -0.2) is 0 Å². The fraction of sp³-hybridized carbons (Fsp3) is 0.261. The highest BCUT2D eigenvalue weighted by atomic mass is 35.5. The lowest BCUT2D eigenvalue weighted by molar-refractivity contribution is -0.0258. The van der Waals surface area contributed by atoms with E-state index in [1.165, 1.54) is 11.0 Å². The molecule has 0 saturated carbocycles. The van der Waals surface area contributed by atoms with Crippen LogP contribution in [0, 0.1) is 0 Å². The summed E-state index contributed by atoms with van der Waals surface area (Å²) in [5.41, 5.74) is 2.23. The van der Waals surface area contributed by atoms with Crippen LogP contribution in [0.25, 0.3) is 11.1 Å². The third-order valence-electron chi connectivity index (χ3n) is 5.39. The van der Waals surface area contributed by atoms with Crippen molar-refractivity contribution >= 4 is 29.1 Å². The van der Waals surface area contributed by atoms with Crippen molar-refractivity contribution in [2.75, 3.05) is 0 Å². The van der Waals surface area contributed by atoms with E-state index >= 15 is 0 Å². The van der Waals surface area contributed by atoms with Crippen molar-refractivity contribution in [1.29, 1.82) is 0 Å². The molecule has 1 N–H and O–H groups in total. The summed E-state index contributed by atoms with van der Waals surface area (Å²) in [6.45, 7) is 3.78. The van der Waals surface area contributed by atoms with E-state index < -0.39 is 11.8 Å². The normalized spacial score (nSPS) is 16.0. The molecule has 1 atom stereocenters. The number of aliphatic hydroxyl groups excluding tert-OH is 1. The molecule has 160 valence electrons. The summed E-state index contributed by atoms with van der Waals surface area (Å²) in [5, 5.41) is 11.4. The molecule has 31 heavy (non-hydrogen) atoms. The lowest BCUT2D eigenvalue weighted by Gasteiger charge is -2.37. The molecule has 4 rings (SSSR count). The largest absolute Gasteiger partial charge is 0.372 e. The van der Waals surface area contributed by atoms with Gasteiger partial charge in [0.15, 0.2) is 0 Å². The predicted octanol–water partition coefficient (Wildman–Crippen LogP) is 3.99. The van der Waals surface area contributed by atoms with Crippen LogP contribution in [-0.2, 0) is 13.0 Å². The van der Waals surface area contributed by atoms with Crippen LogP contribution >= 0.6 is 23.2 Å². The molecule has 1 unspecified atom stereocenters. The summed E-state index contributed by atoms with van der Waals surface area (Å²) >= 11 is 12.6. The molecule has 0 radical (unpaired) electrons. The SMILES string of the molecule is CC(C)N1C(=O)c2cc(=O)nc(Cc3ccccc3-c3cccc(Cl)c3Cl)n2CC1O. The number of carbonyl (C=O) groups is 1. The van der Waals surface area contributed by atoms with Crippen molar-refractivity contribution in [3.05, 3.63) is 86.0 Å². The van der Waals surface area contributed by atoms with Gasteiger partial charge in [0.1, 0.15) is 17.7 Å². The van der Waals surface area contributed by atoms with Gasteiger partial charge in [0.2, 0.25) is 0 Å². The Bertz CT molecular complexity index is 1220. The summed E-state index contributed by atoms with van der Waals surface area (Å²) in [6.07, 6.45) is -0.718. The second-order valence-corrected chi connectivity index (χ2v) is 8.51. The second kappa shape index (κ2) is 8.46. The van der Waals surface area contributed by atoms with Gasteiger partial charge >= 0.3 is 0 Å². The van der Waals surface area contributed by atoms with E-state index in [1.54, 1.807) is 10.6 Å². The van der Waals surface area contributed by atoms with Crippen LogP contribution in [0.15, 0.2) is 53.3 Å². The standard InChI is InChI=1S/C23H21Cl2N3O3/c1-13(2)28-21(30)12-27-18(23(28)31)11-20(29)26-19(27)10-14-6-3-4-7-15(14)16-8-5-9-17(24)22(16)25/h3-9,11,13,21,30H,10,12H2,1-2H3. The number of rotatable bonds is 4. The number of benzene rings is 2. The molecule has 0 spiro atoms. The molecule has 1 aromatic heterocycles. The van der Waals surface area contributed by atoms with E-state index in [9.17, 15) is 14.7 Å². The van der Waals surface area contributed by atoms with Crippen LogP contribution in [0.3, 0.4) is 0 Å². The Kier molecular flexibility index (Phi) is 5.88. The molecule has 2 aromatic carbocycles. The Morgan fingerprint density at radius 1 is 1.10 bits per heavy atom. The van der Waals surface area contributed by atoms with Gasteiger partial charge in [-0.3, -0.25) is 9.59 Å². The van der Waals surface area contributed by atoms with Crippen LogP contribution in [0.5, 0.6) is 0 Å². The molecular weight excluding hydrogens is 437 g/mol. The quantitative estimate of drug-likeness (QED) is 0.642. The van der Waals surface area contributed by atoms with E-state index in [-0.39, 0.29) is 30.6 Å². The number of aliphatic hydroxyl groups is 1. The fourth-order valence-corrected chi connectivity index (χ4v) is 4.39. The van der Waals surface area contributed by atoms with Gasteiger partial charge in [-0.15, -0.1) is 0 Å². The zero-order chi connectivity index (χ0) is 22.3. The molecule has 8 heteroatoms. The first-order chi connectivity index (χ1) is 14.8. The van der Waals surface area contributed by atoms with E-state index in [1.807, 2.05) is 50.2 Å². The third kappa shape index (κ3) is 3.99. The average Bonchev–Trinajstić information content (AvgIpc) is 2.71. The number of halogens is 2. The molecule has 0 aliphatic carbocycles. The van der Waals surface area contributed by atoms with E-state index in [0.717, 1.165) is 16.7 Å². The first-order valence-electron chi connectivity index (χ1n) is 9.91. The summed E-state index contributed by atoms with van der Waals surface area (Å²) in [4.78, 5) is 30.8. The third-order valence-corrected chi connectivity index (χ3v) is 6.21. The van der Waals surface area contributed by atoms with Crippen LogP contribution in [0.2, 0.25) is 10.0 Å². The van der Waals surface area contributed by atoms with Crippen LogP contribution < -0.4 is 5.56 Å². The molecular formula is C23H21Cl2N3O3. The Balaban J connectivity index is 1.81. The molecule has 0 saturated heterocycles. The minimum atomic E-state index is -0.999. The first kappa shape index (κ1) is 21.6. The molecule has 3 aromatic rings. The lowest BCUT2D eigenvalue weighted by Crippen LogP contribution is -2.52. The van der Waals surface area contributed by atoms with Gasteiger partial charge in [-0.2, -0.15) is 4.98 Å². The van der Waals surface area contributed by atoms with Crippen molar-refractivity contribution in [1.82, 2.24) is 14.5 Å². The number of amides is 1. The predicted molar refractivity (Wildman–Crippen MR) is 121 cm³/mol. The number of hydrogen-bond acceptors (Lipinski definition) is 4. The number of carbonyl (C=O) groups excluding carboxylic acids is 1. The highest BCUT2D eigenvalue weighted by Crippen LogP contribution is 2.35. The topological polar surface area (TPSA) is 75.4 Å². The lowest BCUT2D eigenvalue weighted by atomic mass is 9.97. The van der Waals surface area contributed by atoms with Gasteiger partial charge in [-0.1, -0.05) is 59.6 Å². The van der Waals surface area contributed by atoms with Gasteiger partial charge in [0.25, 0.3) is 11.5 Å². The molecule has 6 nitrogen and oxygen atoms in total. The van der Waals surface area contributed by atoms with E-state index in [2.05, 4.69) is 4.98 Å². The number of hydrogen-bond donors (Lipinski definition) is 1. The Morgan fingerprint density at radius 2 is 1.81 bits per heavy atom. The maximum atomic E-state index is 12.9. The van der Waals surface area contributed by atoms with Gasteiger partial charge in [-0.05, 0) is 31.0 Å². The molecule has 0 bridgehead atoms. The molecule has 0 fully saturated rings. The van der Waals surface area contributed by atoms with Crippen molar-refractivity contribution in [2.45, 2.75) is 39.1 Å². The summed E-state index contributed by atoms with van der Waals surface area (Å²) in [7, 11) is 0. The van der Waals surface area contributed by atoms with Crippen LogP contribution in [0.1, 0.15) is 35.7 Å². The van der Waals surface area contributed by atoms with Gasteiger partial charge in [0, 0.05) is 24.1 Å². The average molecular weight is 458 g/mol. The van der Waals surface area contributed by atoms with E-state index in [0.29, 0.717) is 15.9 Å². The van der Waals surface area contributed by atoms with Crippen LogP contribution in [0.4, 0.5) is 0 Å². The zero-order valence-corrected chi connectivity index (χ0v) is 18.6.